The summed E-state index contributed by atoms with van der Waals surface area (Å²) in [5.41, 5.74) is 0. The van der Waals surface area contributed by atoms with Gasteiger partial charge in [-0.15, -0.1) is 6.42 Å². The Labute approximate surface area is 35.3 Å². The Morgan fingerprint density at radius 3 is 1.75 bits per heavy atom. The fourth-order valence-corrected chi connectivity index (χ4v) is 0. The van der Waals surface area contributed by atoms with E-state index in [9.17, 15) is 0 Å². The maximum absolute atomic E-state index is 4.51. The van der Waals surface area contributed by atoms with E-state index in [1.807, 2.05) is 0 Å². The molecule has 0 rings (SSSR count). The molecular weight excluding hydrogens is 116 g/mol. The Kier molecular flexibility index (Phi) is 26.2. The maximum Gasteiger partial charge on any atom is 0.0103 e. The van der Waals surface area contributed by atoms with Gasteiger partial charge in [0.2, 0.25) is 0 Å². The normalized spacial score (nSPS) is 2.00. The van der Waals surface area contributed by atoms with Gasteiger partial charge < -0.3 is 0 Å². The van der Waals surface area contributed by atoms with E-state index in [0.717, 1.165) is 0 Å². The lowest BCUT2D eigenvalue weighted by molar-refractivity contribution is 2.50. The van der Waals surface area contributed by atoms with Crippen LogP contribution in [-0.4, -0.2) is 0 Å². The first-order chi connectivity index (χ1) is 1.41. The average Bonchev–Trinajstić information content (AvgIpc) is 0.918. The average molecular weight is 121 g/mol. The lowest BCUT2D eigenvalue weighted by atomic mass is 11.4. The van der Waals surface area contributed by atoms with Crippen LogP contribution in [0.25, 0.3) is 0 Å². The fraction of sp³-hybridized carbons (Fsp3) is 0.333. The molecule has 24 valence electrons. The Balaban J connectivity index is 0. The smallest absolute Gasteiger partial charge is 0.0103 e. The van der Waals surface area contributed by atoms with E-state index in [-0.39, 0.29) is 7.43 Å². The van der Waals surface area contributed by atoms with Gasteiger partial charge in [-0.05, 0) is 4.83 Å². The van der Waals surface area contributed by atoms with Crippen LogP contribution in [0, 0.1) is 11.3 Å². The monoisotopic (exact) mass is 120 g/mol. The van der Waals surface area contributed by atoms with Crippen LogP contribution in [0.15, 0.2) is 0 Å². The molecule has 0 fully saturated rings. The van der Waals surface area contributed by atoms with Crippen molar-refractivity contribution in [3.63, 3.8) is 0 Å². The van der Waals surface area contributed by atoms with Crippen molar-refractivity contribution < 1.29 is 0 Å². The first-order valence-electron chi connectivity index (χ1n) is 0.478. The molecule has 0 saturated carbocycles. The predicted octanol–water partition coefficient (Wildman–Crippen LogP) is 1.61. The lowest BCUT2D eigenvalue weighted by Crippen LogP contribution is -0.923. The van der Waals surface area contributed by atoms with Crippen LogP contribution in [0.2, 0.25) is 0 Å². The second kappa shape index (κ2) is 11.7. The molecule has 0 N–H and O–H groups in total. The van der Waals surface area contributed by atoms with Crippen molar-refractivity contribution in [2.75, 3.05) is 0 Å². The van der Waals surface area contributed by atoms with Gasteiger partial charge in [0.05, 0.1) is 0 Å². The Bertz CT molecular complexity index is 24.8. The third-order valence-electron chi connectivity index (χ3n) is 0. The van der Waals surface area contributed by atoms with Crippen LogP contribution in [0.1, 0.15) is 7.43 Å². The molecule has 0 heterocycles. The van der Waals surface area contributed by atoms with Crippen LogP contribution in [0.4, 0.5) is 0 Å². The summed E-state index contributed by atoms with van der Waals surface area (Å²) >= 11 is 2.67. The Morgan fingerprint density at radius 1 is 1.75 bits per heavy atom. The summed E-state index contributed by atoms with van der Waals surface area (Å²) in [7, 11) is 0. The van der Waals surface area contributed by atoms with E-state index in [4.69, 9.17) is 0 Å². The third kappa shape index (κ3) is 1380. The van der Waals surface area contributed by atoms with Crippen molar-refractivity contribution in [3.8, 4) is 11.3 Å². The summed E-state index contributed by atoms with van der Waals surface area (Å²) in [6.45, 7) is 0. The molecule has 0 aliphatic carbocycles. The topological polar surface area (TPSA) is 0 Å². The highest BCUT2D eigenvalue weighted by Crippen LogP contribution is 1.58. The third-order valence-corrected chi connectivity index (χ3v) is 0. The molecule has 0 saturated heterocycles. The predicted molar refractivity (Wildman–Crippen MR) is 24.5 cm³/mol. The summed E-state index contributed by atoms with van der Waals surface area (Å²) in [6.07, 6.45) is 4.51. The van der Waals surface area contributed by atoms with E-state index in [1.54, 1.807) is 0 Å². The van der Waals surface area contributed by atoms with Gasteiger partial charge in [0.15, 0.2) is 0 Å². The van der Waals surface area contributed by atoms with Crippen LogP contribution >= 0.6 is 15.9 Å². The zero-order valence-electron chi connectivity index (χ0n) is 1.46. The van der Waals surface area contributed by atoms with Gasteiger partial charge >= 0.3 is 0 Å². The zero-order chi connectivity index (χ0) is 2.71. The minimum atomic E-state index is 0. The first-order valence-corrected chi connectivity index (χ1v) is 1.27. The quantitative estimate of drug-likeness (QED) is 0.427. The van der Waals surface area contributed by atoms with Crippen molar-refractivity contribution in [3.05, 3.63) is 0 Å². The molecule has 4 heavy (non-hydrogen) atoms. The zero-order valence-corrected chi connectivity index (χ0v) is 3.04. The van der Waals surface area contributed by atoms with Crippen molar-refractivity contribution >= 4 is 15.9 Å². The molecule has 0 aliphatic rings. The summed E-state index contributed by atoms with van der Waals surface area (Å²) in [5, 5.41) is 0. The van der Waals surface area contributed by atoms with Crippen LogP contribution in [0.3, 0.4) is 0 Å². The molecule has 0 aromatic rings. The lowest BCUT2D eigenvalue weighted by Gasteiger charge is -1.18. The summed E-state index contributed by atoms with van der Waals surface area (Å²) < 4.78 is 0. The molecule has 0 amide bonds. The van der Waals surface area contributed by atoms with Gasteiger partial charge in [-0.3, -0.25) is 0 Å². The van der Waals surface area contributed by atoms with Crippen LogP contribution in [0.5, 0.6) is 0 Å². The fourth-order valence-electron chi connectivity index (χ4n) is 0. The standard InChI is InChI=1S/C2HBr.CH4/c1-2-3;/h1H;1H4. The summed E-state index contributed by atoms with van der Waals surface area (Å²) in [5.74, 6) is 0. The molecular formula is C3H5Br. The van der Waals surface area contributed by atoms with Gasteiger partial charge in [-0.1, -0.05) is 7.43 Å². The second-order valence-electron chi connectivity index (χ2n) is 0.109. The Hall–Kier alpha value is 0.0400. The van der Waals surface area contributed by atoms with Gasteiger partial charge in [0, 0.05) is 15.9 Å². The summed E-state index contributed by atoms with van der Waals surface area (Å²) in [4.78, 5) is 2.06. The van der Waals surface area contributed by atoms with Crippen molar-refractivity contribution in [1.82, 2.24) is 0 Å². The Morgan fingerprint density at radius 2 is 1.75 bits per heavy atom. The highest BCUT2D eigenvalue weighted by atomic mass is 79.9. The van der Waals surface area contributed by atoms with Gasteiger partial charge in [0.1, 0.15) is 0 Å². The number of rotatable bonds is 0. The van der Waals surface area contributed by atoms with Gasteiger partial charge in [-0.25, -0.2) is 0 Å². The molecule has 0 aromatic carbocycles. The van der Waals surface area contributed by atoms with Crippen molar-refractivity contribution in [2.45, 2.75) is 7.43 Å². The first kappa shape index (κ1) is 8.97. The van der Waals surface area contributed by atoms with E-state index < -0.39 is 0 Å². The van der Waals surface area contributed by atoms with Crippen LogP contribution in [-0.2, 0) is 0 Å². The largest absolute Gasteiger partial charge is 0.108 e. The number of hydrogen-bond donors (Lipinski definition) is 0. The SMILES string of the molecule is C.C#CBr. The van der Waals surface area contributed by atoms with Gasteiger partial charge in [0.25, 0.3) is 0 Å². The van der Waals surface area contributed by atoms with Crippen molar-refractivity contribution in [1.29, 1.82) is 0 Å². The number of halogens is 1. The minimum Gasteiger partial charge on any atom is -0.108 e. The van der Waals surface area contributed by atoms with E-state index in [2.05, 4.69) is 27.2 Å². The van der Waals surface area contributed by atoms with E-state index in [0.29, 0.717) is 0 Å². The highest BCUT2D eigenvalue weighted by Gasteiger charge is 1.13. The molecule has 0 atom stereocenters. The molecule has 0 aliphatic heterocycles. The minimum absolute atomic E-state index is 0. The molecule has 0 aromatic heterocycles. The number of hydrogen-bond acceptors (Lipinski definition) is 0. The van der Waals surface area contributed by atoms with E-state index in [1.165, 1.54) is 0 Å². The number of terminal acetylenes is 1. The molecule has 0 spiro atoms. The molecule has 1 heteroatoms. The van der Waals surface area contributed by atoms with Gasteiger partial charge in [-0.2, -0.15) is 0 Å². The molecule has 0 unspecified atom stereocenters. The molecule has 0 bridgehead atoms. The molecule has 0 radical (unpaired) electrons. The highest BCUT2D eigenvalue weighted by molar-refractivity contribution is 9.12. The molecule has 0 nitrogen and oxygen atoms in total. The second-order valence-corrected chi connectivity index (χ2v) is 0.567. The maximum atomic E-state index is 4.51. The van der Waals surface area contributed by atoms with Crippen LogP contribution < -0.4 is 0 Å². The van der Waals surface area contributed by atoms with E-state index >= 15 is 0 Å². The summed E-state index contributed by atoms with van der Waals surface area (Å²) in [6, 6.07) is 0. The van der Waals surface area contributed by atoms with Crippen molar-refractivity contribution in [2.24, 2.45) is 0 Å².